The minimum atomic E-state index is -3.90. The summed E-state index contributed by atoms with van der Waals surface area (Å²) < 4.78 is 39.0. The van der Waals surface area contributed by atoms with E-state index in [1.165, 1.54) is 6.92 Å². The average Bonchev–Trinajstić information content (AvgIpc) is 2.28. The number of esters is 1. The first-order valence-electron chi connectivity index (χ1n) is 5.42. The van der Waals surface area contributed by atoms with Crippen molar-refractivity contribution < 1.29 is 32.9 Å². The molecule has 0 aromatic rings. The Morgan fingerprint density at radius 2 is 1.88 bits per heavy atom. The molecule has 0 aliphatic carbocycles. The molecule has 0 amide bonds. The summed E-state index contributed by atoms with van der Waals surface area (Å²) in [7, 11) is 0. The van der Waals surface area contributed by atoms with Gasteiger partial charge >= 0.3 is 12.1 Å². The lowest BCUT2D eigenvalue weighted by atomic mass is 10.4. The lowest BCUT2D eigenvalue weighted by molar-refractivity contribution is -0.250. The molecule has 0 rings (SSSR count). The monoisotopic (exact) mass is 256 g/mol. The Morgan fingerprint density at radius 1 is 1.24 bits per heavy atom. The molecule has 0 aliphatic rings. The van der Waals surface area contributed by atoms with Gasteiger partial charge in [-0.15, -0.1) is 0 Å². The highest BCUT2D eigenvalue weighted by molar-refractivity contribution is 5.75. The normalized spacial score (nSPS) is 11.5. The largest absolute Gasteiger partial charge is 0.460 e. The van der Waals surface area contributed by atoms with Crippen molar-refractivity contribution in [2.75, 3.05) is 33.0 Å². The summed E-state index contributed by atoms with van der Waals surface area (Å²) in [6.45, 7) is 1.64. The first-order chi connectivity index (χ1) is 8.04. The van der Waals surface area contributed by atoms with E-state index in [1.807, 2.05) is 0 Å². The van der Waals surface area contributed by atoms with Crippen molar-refractivity contribution in [2.45, 2.75) is 25.9 Å². The highest BCUT2D eigenvalue weighted by Gasteiger charge is 2.42. The van der Waals surface area contributed by atoms with Crippen LogP contribution >= 0.6 is 0 Å². The van der Waals surface area contributed by atoms with Gasteiger partial charge in [0.05, 0.1) is 13.2 Å². The number of alkyl halides is 2. The highest BCUT2D eigenvalue weighted by Crippen LogP contribution is 2.17. The molecule has 0 saturated carbocycles. The Morgan fingerprint density at radius 3 is 2.47 bits per heavy atom. The molecule has 0 aromatic carbocycles. The van der Waals surface area contributed by atoms with E-state index in [2.05, 4.69) is 9.47 Å². The number of ether oxygens (including phenoxy) is 3. The Hall–Kier alpha value is -0.790. The molecule has 0 fully saturated rings. The third kappa shape index (κ3) is 8.00. The van der Waals surface area contributed by atoms with Crippen LogP contribution in [0.2, 0.25) is 0 Å². The molecule has 1 N–H and O–H groups in total. The quantitative estimate of drug-likeness (QED) is 0.465. The molecular formula is C10H18F2O5. The number of carbonyl (C=O) groups excluding carboxylic acids is 1. The zero-order valence-corrected chi connectivity index (χ0v) is 9.79. The van der Waals surface area contributed by atoms with Gasteiger partial charge in [-0.1, -0.05) is 0 Å². The fourth-order valence-electron chi connectivity index (χ4n) is 0.904. The second-order valence-corrected chi connectivity index (χ2v) is 3.13. The molecule has 0 radical (unpaired) electrons. The zero-order chi connectivity index (χ0) is 13.1. The summed E-state index contributed by atoms with van der Waals surface area (Å²) in [5.74, 6) is -1.68. The van der Waals surface area contributed by atoms with Crippen molar-refractivity contribution >= 4 is 5.97 Å². The molecular weight excluding hydrogens is 238 g/mol. The van der Waals surface area contributed by atoms with Gasteiger partial charge in [0.25, 0.3) is 0 Å². The molecule has 7 heteroatoms. The maximum atomic E-state index is 12.9. The molecule has 0 saturated heterocycles. The smallest absolute Gasteiger partial charge is 0.456 e. The summed E-state index contributed by atoms with van der Waals surface area (Å²) in [5, 5.41) is 8.43. The van der Waals surface area contributed by atoms with Gasteiger partial charge in [-0.2, -0.15) is 8.78 Å². The van der Waals surface area contributed by atoms with E-state index in [-0.39, 0.29) is 32.8 Å². The van der Waals surface area contributed by atoms with Crippen molar-refractivity contribution in [3.63, 3.8) is 0 Å². The van der Waals surface area contributed by atoms with Gasteiger partial charge in [0.1, 0.15) is 0 Å². The fraction of sp³-hybridized carbons (Fsp3) is 0.900. The third-order valence-corrected chi connectivity index (χ3v) is 1.68. The van der Waals surface area contributed by atoms with Gasteiger partial charge in [0.15, 0.2) is 0 Å². The van der Waals surface area contributed by atoms with Crippen molar-refractivity contribution in [3.05, 3.63) is 0 Å². The van der Waals surface area contributed by atoms with Gasteiger partial charge in [0.2, 0.25) is 0 Å². The van der Waals surface area contributed by atoms with E-state index in [4.69, 9.17) is 9.84 Å². The van der Waals surface area contributed by atoms with E-state index in [1.54, 1.807) is 0 Å². The number of hydrogen-bond acceptors (Lipinski definition) is 5. The number of halogens is 2. The standard InChI is InChI=1S/C10H18F2O5/c1-2-16-9(14)10(11,12)17-8-4-7-15-6-3-5-13/h13H,2-8H2,1H3. The Balaban J connectivity index is 3.55. The fourth-order valence-corrected chi connectivity index (χ4v) is 0.904. The minimum absolute atomic E-state index is 0.0252. The zero-order valence-electron chi connectivity index (χ0n) is 9.79. The molecule has 0 bridgehead atoms. The molecule has 5 nitrogen and oxygen atoms in total. The van der Waals surface area contributed by atoms with Gasteiger partial charge in [0, 0.05) is 19.8 Å². The Labute approximate surface area is 98.7 Å². The molecule has 0 heterocycles. The first kappa shape index (κ1) is 16.2. The van der Waals surface area contributed by atoms with Gasteiger partial charge in [-0.05, 0) is 19.8 Å². The van der Waals surface area contributed by atoms with Crippen LogP contribution in [0.3, 0.4) is 0 Å². The summed E-state index contributed by atoms with van der Waals surface area (Å²) in [5.41, 5.74) is 0. The maximum Gasteiger partial charge on any atom is 0.456 e. The highest BCUT2D eigenvalue weighted by atomic mass is 19.3. The number of carbonyl (C=O) groups is 1. The molecule has 0 aromatic heterocycles. The third-order valence-electron chi connectivity index (χ3n) is 1.68. The van der Waals surface area contributed by atoms with Crippen molar-refractivity contribution in [1.82, 2.24) is 0 Å². The summed E-state index contributed by atoms with van der Waals surface area (Å²) in [4.78, 5) is 10.7. The van der Waals surface area contributed by atoms with Crippen LogP contribution in [0.1, 0.15) is 19.8 Å². The van der Waals surface area contributed by atoms with Crippen LogP contribution < -0.4 is 0 Å². The first-order valence-corrected chi connectivity index (χ1v) is 5.42. The molecule has 0 aliphatic heterocycles. The van der Waals surface area contributed by atoms with Crippen LogP contribution in [-0.4, -0.2) is 50.2 Å². The van der Waals surface area contributed by atoms with Crippen molar-refractivity contribution in [3.8, 4) is 0 Å². The topological polar surface area (TPSA) is 65.0 Å². The summed E-state index contributed by atoms with van der Waals surface area (Å²) in [6, 6.07) is 0. The number of aliphatic hydroxyl groups is 1. The molecule has 17 heavy (non-hydrogen) atoms. The second-order valence-electron chi connectivity index (χ2n) is 3.13. The van der Waals surface area contributed by atoms with E-state index in [0.29, 0.717) is 13.0 Å². The minimum Gasteiger partial charge on any atom is -0.460 e. The second kappa shape index (κ2) is 9.26. The molecule has 102 valence electrons. The van der Waals surface area contributed by atoms with Crippen LogP contribution in [0.4, 0.5) is 8.78 Å². The van der Waals surface area contributed by atoms with E-state index >= 15 is 0 Å². The number of rotatable bonds is 10. The Bertz CT molecular complexity index is 211. The van der Waals surface area contributed by atoms with E-state index in [0.717, 1.165) is 0 Å². The van der Waals surface area contributed by atoms with Crippen LogP contribution in [0, 0.1) is 0 Å². The maximum absolute atomic E-state index is 12.9. The Kier molecular flexibility index (Phi) is 8.83. The van der Waals surface area contributed by atoms with Gasteiger partial charge in [-0.3, -0.25) is 0 Å². The summed E-state index contributed by atoms with van der Waals surface area (Å²) in [6.07, 6.45) is -3.17. The lowest BCUT2D eigenvalue weighted by Gasteiger charge is -2.14. The predicted octanol–water partition coefficient (Wildman–Crippen LogP) is 0.948. The molecule has 0 spiro atoms. The number of aliphatic hydroxyl groups excluding tert-OH is 1. The van der Waals surface area contributed by atoms with Crippen LogP contribution in [0.15, 0.2) is 0 Å². The SMILES string of the molecule is CCOC(=O)C(F)(F)OCCCOCCCO. The van der Waals surface area contributed by atoms with Crippen LogP contribution in [-0.2, 0) is 19.0 Å². The van der Waals surface area contributed by atoms with Gasteiger partial charge < -0.3 is 19.3 Å². The van der Waals surface area contributed by atoms with Crippen molar-refractivity contribution in [1.29, 1.82) is 0 Å². The van der Waals surface area contributed by atoms with Crippen molar-refractivity contribution in [2.24, 2.45) is 0 Å². The lowest BCUT2D eigenvalue weighted by Crippen LogP contribution is -2.34. The number of hydrogen-bond donors (Lipinski definition) is 1. The van der Waals surface area contributed by atoms with E-state index < -0.39 is 12.1 Å². The molecule has 0 unspecified atom stereocenters. The molecule has 0 atom stereocenters. The average molecular weight is 256 g/mol. The predicted molar refractivity (Wildman–Crippen MR) is 54.7 cm³/mol. The van der Waals surface area contributed by atoms with E-state index in [9.17, 15) is 13.6 Å². The van der Waals surface area contributed by atoms with Crippen LogP contribution in [0.5, 0.6) is 0 Å². The van der Waals surface area contributed by atoms with Gasteiger partial charge in [-0.25, -0.2) is 4.79 Å². The summed E-state index contributed by atoms with van der Waals surface area (Å²) >= 11 is 0. The van der Waals surface area contributed by atoms with Crippen LogP contribution in [0.25, 0.3) is 0 Å².